The van der Waals surface area contributed by atoms with Crippen molar-refractivity contribution in [3.63, 3.8) is 0 Å². The standard InChI is InChI=1S/C28H33BrCl2N4O2.C2H6/c29-23-15-22(31)14-20-2-1-19-3-4-21(30)16-33-27(19)26(25(20)23)18-7-11-34(12-8-18)24(36)13-17-5-9-35(10-6-17)28(32)37;1-2/h4,14-18,26H,1-3,5-13H2,(H2,32,37);1-2H3. The number of amides is 3. The predicted octanol–water partition coefficient (Wildman–Crippen LogP) is 7.43. The molecule has 212 valence electrons. The molecule has 1 aliphatic carbocycles. The van der Waals surface area contributed by atoms with Crippen molar-refractivity contribution in [2.75, 3.05) is 26.2 Å². The number of carbonyl (C=O) groups excluding carboxylic acids is 2. The molecule has 0 radical (unpaired) electrons. The summed E-state index contributed by atoms with van der Waals surface area (Å²) < 4.78 is 1.04. The van der Waals surface area contributed by atoms with Crippen molar-refractivity contribution < 1.29 is 9.59 Å². The quantitative estimate of drug-likeness (QED) is 0.374. The molecule has 2 fully saturated rings. The van der Waals surface area contributed by atoms with E-state index in [1.165, 1.54) is 16.7 Å². The van der Waals surface area contributed by atoms with Gasteiger partial charge in [-0.25, -0.2) is 4.79 Å². The molecule has 6 nitrogen and oxygen atoms in total. The third kappa shape index (κ3) is 7.09. The van der Waals surface area contributed by atoms with E-state index in [1.807, 2.05) is 24.8 Å². The van der Waals surface area contributed by atoms with Crippen LogP contribution in [0.5, 0.6) is 0 Å². The highest BCUT2D eigenvalue weighted by Crippen LogP contribution is 2.48. The molecule has 2 saturated heterocycles. The van der Waals surface area contributed by atoms with E-state index in [4.69, 9.17) is 33.9 Å². The van der Waals surface area contributed by atoms with E-state index in [1.54, 1.807) is 11.1 Å². The maximum atomic E-state index is 13.2. The van der Waals surface area contributed by atoms with Crippen LogP contribution >= 0.6 is 39.1 Å². The average Bonchev–Trinajstić information content (AvgIpc) is 3.21. The lowest BCUT2D eigenvalue weighted by Gasteiger charge is -2.38. The van der Waals surface area contributed by atoms with Crippen LogP contribution in [0.4, 0.5) is 4.79 Å². The fourth-order valence-corrected chi connectivity index (χ4v) is 7.67. The first-order valence-electron chi connectivity index (χ1n) is 14.2. The van der Waals surface area contributed by atoms with Gasteiger partial charge >= 0.3 is 6.03 Å². The molecule has 3 amide bonds. The molecule has 0 saturated carbocycles. The summed E-state index contributed by atoms with van der Waals surface area (Å²) in [6.45, 7) is 6.80. The molecule has 1 atom stereocenters. The number of hydrogen-bond donors (Lipinski definition) is 1. The Kier molecular flexibility index (Phi) is 10.6. The molecule has 3 aliphatic heterocycles. The largest absolute Gasteiger partial charge is 0.351 e. The summed E-state index contributed by atoms with van der Waals surface area (Å²) in [4.78, 5) is 33.2. The Morgan fingerprint density at radius 3 is 2.36 bits per heavy atom. The van der Waals surface area contributed by atoms with Crippen LogP contribution in [0.25, 0.3) is 0 Å². The third-order valence-electron chi connectivity index (χ3n) is 8.47. The molecular formula is C30H39BrCl2N4O2. The molecule has 1 unspecified atom stereocenters. The summed E-state index contributed by atoms with van der Waals surface area (Å²) >= 11 is 16.6. The number of primary amides is 1. The molecule has 1 aromatic rings. The number of halogens is 3. The van der Waals surface area contributed by atoms with Gasteiger partial charge in [0.2, 0.25) is 5.91 Å². The van der Waals surface area contributed by atoms with E-state index < -0.39 is 0 Å². The first-order valence-corrected chi connectivity index (χ1v) is 15.8. The summed E-state index contributed by atoms with van der Waals surface area (Å²) in [5.41, 5.74) is 10.5. The highest BCUT2D eigenvalue weighted by atomic mass is 79.9. The van der Waals surface area contributed by atoms with E-state index in [0.717, 1.165) is 73.2 Å². The van der Waals surface area contributed by atoms with Gasteiger partial charge in [-0.05, 0) is 85.6 Å². The lowest BCUT2D eigenvalue weighted by molar-refractivity contribution is -0.134. The second kappa shape index (κ2) is 13.7. The summed E-state index contributed by atoms with van der Waals surface area (Å²) in [5, 5.41) is 1.43. The molecule has 39 heavy (non-hydrogen) atoms. The molecular weight excluding hydrogens is 599 g/mol. The number of likely N-dealkylation sites (tertiary alicyclic amines) is 2. The van der Waals surface area contributed by atoms with Gasteiger partial charge in [-0.3, -0.25) is 9.79 Å². The Bertz CT molecular complexity index is 1170. The van der Waals surface area contributed by atoms with Gasteiger partial charge in [0, 0.05) is 59.9 Å². The fourth-order valence-electron chi connectivity index (χ4n) is 6.42. The van der Waals surface area contributed by atoms with Crippen LogP contribution in [0.1, 0.15) is 75.8 Å². The Balaban J connectivity index is 0.00000172. The maximum Gasteiger partial charge on any atom is 0.314 e. The van der Waals surface area contributed by atoms with E-state index in [2.05, 4.69) is 28.1 Å². The van der Waals surface area contributed by atoms with Gasteiger partial charge < -0.3 is 15.5 Å². The molecule has 0 spiro atoms. The van der Waals surface area contributed by atoms with Crippen LogP contribution in [0, 0.1) is 11.8 Å². The zero-order valence-electron chi connectivity index (χ0n) is 22.9. The Labute approximate surface area is 250 Å². The van der Waals surface area contributed by atoms with E-state index >= 15 is 0 Å². The smallest absolute Gasteiger partial charge is 0.314 e. The number of fused-ring (bicyclic) bond motifs is 1. The minimum absolute atomic E-state index is 0.140. The number of rotatable bonds is 3. The Morgan fingerprint density at radius 2 is 1.69 bits per heavy atom. The van der Waals surface area contributed by atoms with Crippen molar-refractivity contribution in [3.05, 3.63) is 55.1 Å². The van der Waals surface area contributed by atoms with E-state index in [9.17, 15) is 9.59 Å². The van der Waals surface area contributed by atoms with Crippen LogP contribution in [0.2, 0.25) is 5.02 Å². The number of hydrogen-bond acceptors (Lipinski definition) is 3. The summed E-state index contributed by atoms with van der Waals surface area (Å²) in [7, 11) is 0. The number of nitrogens with two attached hydrogens (primary N) is 1. The molecule has 3 heterocycles. The fraction of sp³-hybridized carbons (Fsp3) is 0.567. The minimum atomic E-state index is -0.366. The highest BCUT2D eigenvalue weighted by Gasteiger charge is 2.37. The molecule has 0 aromatic heterocycles. The molecule has 5 rings (SSSR count). The lowest BCUT2D eigenvalue weighted by Crippen LogP contribution is -2.44. The van der Waals surface area contributed by atoms with Gasteiger partial charge in [-0.2, -0.15) is 0 Å². The molecule has 0 bridgehead atoms. The van der Waals surface area contributed by atoms with Crippen molar-refractivity contribution in [2.45, 2.75) is 71.1 Å². The van der Waals surface area contributed by atoms with Gasteiger partial charge in [0.1, 0.15) is 0 Å². The summed E-state index contributed by atoms with van der Waals surface area (Å²) in [6.07, 6.45) is 10.6. The van der Waals surface area contributed by atoms with Crippen LogP contribution in [-0.2, 0) is 11.2 Å². The van der Waals surface area contributed by atoms with E-state index in [0.29, 0.717) is 36.4 Å². The monoisotopic (exact) mass is 636 g/mol. The third-order valence-corrected chi connectivity index (χ3v) is 9.59. The molecule has 1 aromatic carbocycles. The number of benzene rings is 1. The highest BCUT2D eigenvalue weighted by molar-refractivity contribution is 9.10. The van der Waals surface area contributed by atoms with Crippen molar-refractivity contribution in [1.29, 1.82) is 0 Å². The minimum Gasteiger partial charge on any atom is -0.351 e. The van der Waals surface area contributed by atoms with Crippen molar-refractivity contribution >= 4 is 57.3 Å². The van der Waals surface area contributed by atoms with Gasteiger partial charge in [0.25, 0.3) is 0 Å². The number of nitrogens with zero attached hydrogens (tertiary/aromatic N) is 3. The second-order valence-corrected chi connectivity index (χ2v) is 12.4. The number of allylic oxidation sites excluding steroid dienone is 4. The summed E-state index contributed by atoms with van der Waals surface area (Å²) in [6, 6.07) is 3.73. The van der Waals surface area contributed by atoms with Crippen molar-refractivity contribution in [2.24, 2.45) is 22.6 Å². The molecule has 4 aliphatic rings. The topological polar surface area (TPSA) is 79.0 Å². The number of piperidine rings is 2. The number of carbonyl (C=O) groups is 2. The second-order valence-electron chi connectivity index (χ2n) is 10.7. The molecule has 2 N–H and O–H groups in total. The zero-order chi connectivity index (χ0) is 28.1. The van der Waals surface area contributed by atoms with Crippen LogP contribution in [0.15, 0.2) is 44.0 Å². The number of aliphatic imine (C=N–C) groups is 1. The van der Waals surface area contributed by atoms with Crippen molar-refractivity contribution in [1.82, 2.24) is 9.80 Å². The maximum absolute atomic E-state index is 13.2. The van der Waals surface area contributed by atoms with Gasteiger partial charge in [-0.1, -0.05) is 59.1 Å². The summed E-state index contributed by atoms with van der Waals surface area (Å²) in [5.74, 6) is 1.06. The first-order chi connectivity index (χ1) is 18.8. The molecule has 9 heteroatoms. The number of urea groups is 1. The lowest BCUT2D eigenvalue weighted by atomic mass is 9.76. The Hall–Kier alpha value is -1.83. The number of aryl methyl sites for hydroxylation is 1. The van der Waals surface area contributed by atoms with E-state index in [-0.39, 0.29) is 17.9 Å². The SMILES string of the molecule is CC.NC(=O)N1CCC(CC(=O)N2CCC(C3C4=C(CC=C(Cl)C=N4)CCc4cc(Cl)cc(Br)c43)CC2)CC1. The Morgan fingerprint density at radius 1 is 1.03 bits per heavy atom. The van der Waals surface area contributed by atoms with Gasteiger partial charge in [-0.15, -0.1) is 0 Å². The van der Waals surface area contributed by atoms with Gasteiger partial charge in [0.05, 0.1) is 5.03 Å². The van der Waals surface area contributed by atoms with Crippen LogP contribution < -0.4 is 5.73 Å². The zero-order valence-corrected chi connectivity index (χ0v) is 26.0. The van der Waals surface area contributed by atoms with Crippen LogP contribution in [0.3, 0.4) is 0 Å². The predicted molar refractivity (Wildman–Crippen MR) is 163 cm³/mol. The van der Waals surface area contributed by atoms with Crippen LogP contribution in [-0.4, -0.2) is 54.1 Å². The van der Waals surface area contributed by atoms with Gasteiger partial charge in [0.15, 0.2) is 0 Å². The van der Waals surface area contributed by atoms with Crippen molar-refractivity contribution in [3.8, 4) is 0 Å². The first kappa shape index (κ1) is 30.1. The normalized spacial score (nSPS) is 22.2. The average molecular weight is 638 g/mol.